The smallest absolute Gasteiger partial charge is 0.309 e. The summed E-state index contributed by atoms with van der Waals surface area (Å²) in [7, 11) is 1.38. The van der Waals surface area contributed by atoms with Crippen LogP contribution in [-0.2, 0) is 31.6 Å². The summed E-state index contributed by atoms with van der Waals surface area (Å²) in [5.74, 6) is -0.836. The highest BCUT2D eigenvalue weighted by Gasteiger charge is 2.34. The molecule has 0 unspecified atom stereocenters. The number of benzene rings is 3. The number of amides is 1. The van der Waals surface area contributed by atoms with Crippen LogP contribution in [-0.4, -0.2) is 37.6 Å². The molecule has 0 aliphatic carbocycles. The third-order valence-electron chi connectivity index (χ3n) is 8.50. The quantitative estimate of drug-likeness (QED) is 0.283. The van der Waals surface area contributed by atoms with E-state index < -0.39 is 5.92 Å². The van der Waals surface area contributed by atoms with Gasteiger partial charge in [0.25, 0.3) is 0 Å². The Morgan fingerprint density at radius 1 is 0.833 bits per heavy atom. The number of nitrogens with one attached hydrogen (secondary N) is 2. The van der Waals surface area contributed by atoms with Gasteiger partial charge in [-0.3, -0.25) is 9.59 Å². The fourth-order valence-corrected chi connectivity index (χ4v) is 5.98. The summed E-state index contributed by atoms with van der Waals surface area (Å²) in [4.78, 5) is 25.7. The van der Waals surface area contributed by atoms with Crippen LogP contribution in [0.4, 0.5) is 0 Å². The Hall–Kier alpha value is -3.44. The molecule has 0 spiro atoms. The minimum atomic E-state index is -0.516. The summed E-state index contributed by atoms with van der Waals surface area (Å²) in [6.07, 6.45) is 1.39. The Bertz CT molecular complexity index is 1260. The average Bonchev–Trinajstić information content (AvgIpc) is 3.40. The lowest BCUT2D eigenvalue weighted by Gasteiger charge is -2.27. The maximum Gasteiger partial charge on any atom is 0.309 e. The van der Waals surface area contributed by atoms with Gasteiger partial charge in [-0.2, -0.15) is 0 Å². The van der Waals surface area contributed by atoms with Gasteiger partial charge in [0.15, 0.2) is 0 Å². The fourth-order valence-electron chi connectivity index (χ4n) is 5.98. The highest BCUT2D eigenvalue weighted by Crippen LogP contribution is 2.35. The summed E-state index contributed by atoms with van der Waals surface area (Å²) in [5, 5.41) is 6.93. The number of hydrogen-bond donors (Lipinski definition) is 2. The zero-order chi connectivity index (χ0) is 30.5. The van der Waals surface area contributed by atoms with Crippen molar-refractivity contribution in [3.8, 4) is 0 Å². The molecule has 3 atom stereocenters. The monoisotopic (exact) mass is 568 g/mol. The van der Waals surface area contributed by atoms with E-state index in [1.807, 2.05) is 30.3 Å². The zero-order valence-corrected chi connectivity index (χ0v) is 26.4. The standard InChI is InChI=1S/C37H48N2O3/c1-36(2,3)29-17-13-26(14-18-29)34(27-15-19-30(20-16-27)37(4,5)6)32-23-31(24-38-32)39-33(40)22-28(35(41)42-7)21-25-11-9-8-10-12-25/h8-20,28,31-32,34,38H,21-24H2,1-7H3,(H,39,40)/t28-,31-,32-/m1/s1. The molecule has 1 heterocycles. The van der Waals surface area contributed by atoms with Crippen molar-refractivity contribution < 1.29 is 14.3 Å². The molecule has 1 aliphatic heterocycles. The van der Waals surface area contributed by atoms with Gasteiger partial charge < -0.3 is 15.4 Å². The number of rotatable bonds is 9. The summed E-state index contributed by atoms with van der Waals surface area (Å²) < 4.78 is 5.03. The van der Waals surface area contributed by atoms with Crippen molar-refractivity contribution in [3.05, 3.63) is 107 Å². The van der Waals surface area contributed by atoms with Gasteiger partial charge in [-0.25, -0.2) is 0 Å². The molecule has 1 amide bonds. The molecule has 3 aromatic rings. The Morgan fingerprint density at radius 3 is 1.83 bits per heavy atom. The van der Waals surface area contributed by atoms with Crippen molar-refractivity contribution in [1.29, 1.82) is 0 Å². The van der Waals surface area contributed by atoms with Crippen LogP contribution in [0.25, 0.3) is 0 Å². The van der Waals surface area contributed by atoms with Crippen LogP contribution in [0.15, 0.2) is 78.9 Å². The van der Waals surface area contributed by atoms with Gasteiger partial charge in [-0.05, 0) is 51.5 Å². The Morgan fingerprint density at radius 2 is 1.36 bits per heavy atom. The molecule has 4 rings (SSSR count). The second-order valence-electron chi connectivity index (χ2n) is 13.9. The molecule has 0 saturated carbocycles. The normalized spacial score (nSPS) is 18.1. The predicted molar refractivity (Wildman–Crippen MR) is 171 cm³/mol. The summed E-state index contributed by atoms with van der Waals surface area (Å²) in [5.41, 5.74) is 6.36. The van der Waals surface area contributed by atoms with Gasteiger partial charge in [-0.15, -0.1) is 0 Å². The van der Waals surface area contributed by atoms with Gasteiger partial charge in [-0.1, -0.05) is 120 Å². The van der Waals surface area contributed by atoms with Gasteiger partial charge in [0.2, 0.25) is 5.91 Å². The van der Waals surface area contributed by atoms with Crippen molar-refractivity contribution in [2.24, 2.45) is 5.92 Å². The summed E-state index contributed by atoms with van der Waals surface area (Å²) in [6.45, 7) is 14.1. The number of hydrogen-bond acceptors (Lipinski definition) is 4. The second-order valence-corrected chi connectivity index (χ2v) is 13.9. The molecular formula is C37H48N2O3. The van der Waals surface area contributed by atoms with Crippen LogP contribution in [0.2, 0.25) is 0 Å². The van der Waals surface area contributed by atoms with Crippen molar-refractivity contribution in [1.82, 2.24) is 10.6 Å². The van der Waals surface area contributed by atoms with E-state index in [0.717, 1.165) is 12.0 Å². The molecule has 224 valence electrons. The van der Waals surface area contributed by atoms with Crippen molar-refractivity contribution in [2.45, 2.75) is 89.6 Å². The molecule has 5 heteroatoms. The van der Waals surface area contributed by atoms with Crippen LogP contribution in [0.5, 0.6) is 0 Å². The maximum absolute atomic E-state index is 13.2. The summed E-state index contributed by atoms with van der Waals surface area (Å²) >= 11 is 0. The molecule has 0 bridgehead atoms. The average molecular weight is 569 g/mol. The number of carbonyl (C=O) groups excluding carboxylic acids is 2. The van der Waals surface area contributed by atoms with Crippen molar-refractivity contribution in [3.63, 3.8) is 0 Å². The van der Waals surface area contributed by atoms with Gasteiger partial charge in [0.1, 0.15) is 0 Å². The summed E-state index contributed by atoms with van der Waals surface area (Å²) in [6, 6.07) is 28.0. The molecule has 3 aromatic carbocycles. The first-order valence-electron chi connectivity index (χ1n) is 15.2. The van der Waals surface area contributed by atoms with E-state index in [2.05, 4.69) is 101 Å². The highest BCUT2D eigenvalue weighted by molar-refractivity contribution is 5.83. The topological polar surface area (TPSA) is 67.4 Å². The lowest BCUT2D eigenvalue weighted by Crippen LogP contribution is -2.38. The van der Waals surface area contributed by atoms with Crippen LogP contribution in [0.3, 0.4) is 0 Å². The number of carbonyl (C=O) groups is 2. The van der Waals surface area contributed by atoms with E-state index in [1.54, 1.807) is 0 Å². The molecule has 5 nitrogen and oxygen atoms in total. The largest absolute Gasteiger partial charge is 0.469 e. The highest BCUT2D eigenvalue weighted by atomic mass is 16.5. The third-order valence-corrected chi connectivity index (χ3v) is 8.50. The van der Waals surface area contributed by atoms with Crippen LogP contribution in [0.1, 0.15) is 88.1 Å². The second kappa shape index (κ2) is 13.2. The van der Waals surface area contributed by atoms with Crippen LogP contribution < -0.4 is 10.6 Å². The van der Waals surface area contributed by atoms with Crippen molar-refractivity contribution >= 4 is 11.9 Å². The van der Waals surface area contributed by atoms with E-state index in [4.69, 9.17) is 4.74 Å². The van der Waals surface area contributed by atoms with Gasteiger partial charge in [0.05, 0.1) is 13.0 Å². The number of ether oxygens (including phenoxy) is 1. The third kappa shape index (κ3) is 8.10. The number of esters is 1. The first-order valence-corrected chi connectivity index (χ1v) is 15.2. The lowest BCUT2D eigenvalue weighted by atomic mass is 9.80. The first kappa shape index (κ1) is 31.5. The van der Waals surface area contributed by atoms with E-state index in [1.165, 1.54) is 29.4 Å². The predicted octanol–water partition coefficient (Wildman–Crippen LogP) is 6.68. The molecule has 2 N–H and O–H groups in total. The molecule has 42 heavy (non-hydrogen) atoms. The number of methoxy groups -OCH3 is 1. The molecule has 0 radical (unpaired) electrons. The Kier molecular flexibility index (Phi) is 9.93. The molecule has 1 saturated heterocycles. The van der Waals surface area contributed by atoms with Crippen LogP contribution in [0, 0.1) is 5.92 Å². The van der Waals surface area contributed by atoms with E-state index in [9.17, 15) is 9.59 Å². The van der Waals surface area contributed by atoms with Crippen LogP contribution >= 0.6 is 0 Å². The maximum atomic E-state index is 13.2. The zero-order valence-electron chi connectivity index (χ0n) is 26.4. The minimum absolute atomic E-state index is 0.0114. The minimum Gasteiger partial charge on any atom is -0.469 e. The SMILES string of the molecule is COC(=O)[C@@H](CC(=O)N[C@H]1CN[C@@H](C(c2ccc(C(C)(C)C)cc2)c2ccc(C(C)(C)C)cc2)C1)Cc1ccccc1. The lowest BCUT2D eigenvalue weighted by molar-refractivity contribution is -0.147. The Balaban J connectivity index is 1.50. The molecule has 1 aliphatic rings. The molecule has 1 fully saturated rings. The van der Waals surface area contributed by atoms with Gasteiger partial charge in [0, 0.05) is 31.0 Å². The van der Waals surface area contributed by atoms with E-state index >= 15 is 0 Å². The molecule has 0 aromatic heterocycles. The van der Waals surface area contributed by atoms with E-state index in [0.29, 0.717) is 13.0 Å². The van der Waals surface area contributed by atoms with Crippen molar-refractivity contribution in [2.75, 3.05) is 13.7 Å². The van der Waals surface area contributed by atoms with Gasteiger partial charge >= 0.3 is 5.97 Å². The molecular weight excluding hydrogens is 520 g/mol. The van der Waals surface area contributed by atoms with E-state index in [-0.39, 0.29) is 47.1 Å². The first-order chi connectivity index (χ1) is 19.8. The Labute approximate surface area is 252 Å². The fraction of sp³-hybridized carbons (Fsp3) is 0.459.